The number of benzene rings is 11. The molecule has 0 radical (unpaired) electrons. The molecule has 0 bridgehead atoms. The number of fused-ring (bicyclic) bond motifs is 10. The van der Waals surface area contributed by atoms with Gasteiger partial charge in [0.1, 0.15) is 0 Å². The van der Waals surface area contributed by atoms with Gasteiger partial charge in [-0.15, -0.1) is 0 Å². The second kappa shape index (κ2) is 14.8. The van der Waals surface area contributed by atoms with Crippen molar-refractivity contribution in [3.05, 3.63) is 216 Å². The summed E-state index contributed by atoms with van der Waals surface area (Å²) < 4.78 is 4.49. The molecular formula is C62H32N6. The van der Waals surface area contributed by atoms with Crippen molar-refractivity contribution in [3.8, 4) is 57.9 Å². The number of rotatable bonds is 4. The van der Waals surface area contributed by atoms with Crippen LogP contribution in [0.1, 0.15) is 22.3 Å². The quantitative estimate of drug-likeness (QED) is 0.164. The minimum Gasteiger partial charge on any atom is -0.309 e. The molecule has 6 heteroatoms. The van der Waals surface area contributed by atoms with Crippen molar-refractivity contribution < 1.29 is 0 Å². The molecule has 310 valence electrons. The molecule has 6 nitrogen and oxygen atoms in total. The fraction of sp³-hybridized carbons (Fsp3) is 0. The van der Waals surface area contributed by atoms with E-state index < -0.39 is 0 Å². The van der Waals surface area contributed by atoms with Crippen molar-refractivity contribution in [2.24, 2.45) is 0 Å². The lowest BCUT2D eigenvalue weighted by Gasteiger charge is -2.21. The van der Waals surface area contributed by atoms with E-state index in [0.29, 0.717) is 22.3 Å². The lowest BCUT2D eigenvalue weighted by Crippen LogP contribution is -1.98. The smallest absolute Gasteiger partial charge is 0.0991 e. The summed E-state index contributed by atoms with van der Waals surface area (Å²) in [5, 5.41) is 52.3. The molecule has 0 unspecified atom stereocenters. The number of hydrogen-bond donors (Lipinski definition) is 0. The zero-order valence-electron chi connectivity index (χ0n) is 36.2. The van der Waals surface area contributed by atoms with Gasteiger partial charge in [-0.1, -0.05) is 84.9 Å². The molecule has 0 saturated heterocycles. The van der Waals surface area contributed by atoms with Gasteiger partial charge in [0, 0.05) is 32.9 Å². The first kappa shape index (κ1) is 38.5. The lowest BCUT2D eigenvalue weighted by molar-refractivity contribution is 1.18. The summed E-state index contributed by atoms with van der Waals surface area (Å²) in [6, 6.07) is 76.2. The summed E-state index contributed by atoms with van der Waals surface area (Å²) >= 11 is 0. The molecule has 0 saturated carbocycles. The topological polar surface area (TPSA) is 105 Å². The first-order valence-corrected chi connectivity index (χ1v) is 22.3. The Morgan fingerprint density at radius 3 is 0.941 bits per heavy atom. The summed E-state index contributed by atoms with van der Waals surface area (Å²) in [4.78, 5) is 0. The minimum atomic E-state index is 0.557. The van der Waals surface area contributed by atoms with E-state index in [0.717, 1.165) is 120 Å². The standard InChI is InChI=1S/C62H32N6/c63-33-37-9-21-57-51(25-37)52-26-38(34-64)10-22-58(52)67(57)47-18-20-50-55(31-47)61(45-15-13-41-5-1-3-7-43(41)29-45)49-19-17-48(32-56(49)62(50)46-16-14-42-6-2-4-8-44(42)30-46)68-59-23-11-39(35-65)27-53(59)54-28-40(36-66)12-24-60(54)68/h1-32H. The molecule has 0 aliphatic heterocycles. The molecule has 0 aliphatic rings. The molecular weight excluding hydrogens is 829 g/mol. The number of nitriles is 4. The van der Waals surface area contributed by atoms with Crippen LogP contribution in [0.5, 0.6) is 0 Å². The highest BCUT2D eigenvalue weighted by Crippen LogP contribution is 2.47. The second-order valence-electron chi connectivity index (χ2n) is 17.4. The van der Waals surface area contributed by atoms with Crippen LogP contribution in [-0.4, -0.2) is 9.13 Å². The van der Waals surface area contributed by atoms with Crippen molar-refractivity contribution >= 4 is 86.7 Å². The van der Waals surface area contributed by atoms with Crippen molar-refractivity contribution in [2.45, 2.75) is 0 Å². The van der Waals surface area contributed by atoms with Crippen LogP contribution in [0.2, 0.25) is 0 Å². The van der Waals surface area contributed by atoms with Crippen LogP contribution in [-0.2, 0) is 0 Å². The average Bonchev–Trinajstić information content (AvgIpc) is 3.90. The Hall–Kier alpha value is -9.98. The molecule has 13 aromatic rings. The molecule has 0 atom stereocenters. The Morgan fingerprint density at radius 2 is 0.603 bits per heavy atom. The second-order valence-corrected chi connectivity index (χ2v) is 17.4. The average molecular weight is 861 g/mol. The summed E-state index contributed by atoms with van der Waals surface area (Å²) in [6.07, 6.45) is 0. The predicted molar refractivity (Wildman–Crippen MR) is 275 cm³/mol. The summed E-state index contributed by atoms with van der Waals surface area (Å²) in [5.74, 6) is 0. The predicted octanol–water partition coefficient (Wildman–Crippen LogP) is 15.3. The molecule has 0 fully saturated rings. The van der Waals surface area contributed by atoms with Crippen LogP contribution in [0, 0.1) is 45.3 Å². The Balaban J connectivity index is 1.18. The summed E-state index contributed by atoms with van der Waals surface area (Å²) in [6.45, 7) is 0. The summed E-state index contributed by atoms with van der Waals surface area (Å²) in [7, 11) is 0. The third-order valence-corrected chi connectivity index (χ3v) is 13.7. The Kier molecular flexibility index (Phi) is 8.36. The van der Waals surface area contributed by atoms with E-state index in [9.17, 15) is 21.0 Å². The Bertz CT molecular complexity index is 4120. The molecule has 2 aromatic heterocycles. The highest BCUT2D eigenvalue weighted by atomic mass is 15.0. The third kappa shape index (κ3) is 5.73. The van der Waals surface area contributed by atoms with Gasteiger partial charge in [0.25, 0.3) is 0 Å². The van der Waals surface area contributed by atoms with E-state index in [1.807, 2.05) is 72.8 Å². The van der Waals surface area contributed by atoms with Gasteiger partial charge < -0.3 is 9.13 Å². The normalized spacial score (nSPS) is 11.5. The van der Waals surface area contributed by atoms with Crippen molar-refractivity contribution in [3.63, 3.8) is 0 Å². The number of nitrogens with zero attached hydrogens (tertiary/aromatic N) is 6. The van der Waals surface area contributed by atoms with Gasteiger partial charge in [-0.3, -0.25) is 0 Å². The van der Waals surface area contributed by atoms with Crippen LogP contribution >= 0.6 is 0 Å². The van der Waals surface area contributed by atoms with Gasteiger partial charge >= 0.3 is 0 Å². The van der Waals surface area contributed by atoms with Gasteiger partial charge in [-0.2, -0.15) is 21.0 Å². The van der Waals surface area contributed by atoms with Crippen molar-refractivity contribution in [1.29, 1.82) is 21.0 Å². The minimum absolute atomic E-state index is 0.557. The van der Waals surface area contributed by atoms with E-state index in [4.69, 9.17) is 0 Å². The lowest BCUT2D eigenvalue weighted by atomic mass is 9.84. The number of aromatic nitrogens is 2. The molecule has 0 amide bonds. The Morgan fingerprint density at radius 1 is 0.265 bits per heavy atom. The van der Waals surface area contributed by atoms with Crippen LogP contribution in [0.25, 0.3) is 120 Å². The van der Waals surface area contributed by atoms with Gasteiger partial charge in [0.15, 0.2) is 0 Å². The van der Waals surface area contributed by atoms with Gasteiger partial charge in [0.05, 0.1) is 68.6 Å². The maximum absolute atomic E-state index is 9.95. The van der Waals surface area contributed by atoms with Crippen molar-refractivity contribution in [1.82, 2.24) is 9.13 Å². The van der Waals surface area contributed by atoms with Crippen LogP contribution in [0.3, 0.4) is 0 Å². The zero-order chi connectivity index (χ0) is 45.6. The molecule has 0 N–H and O–H groups in total. The van der Waals surface area contributed by atoms with E-state index in [2.05, 4.69) is 155 Å². The highest BCUT2D eigenvalue weighted by molar-refractivity contribution is 6.23. The monoisotopic (exact) mass is 860 g/mol. The number of hydrogen-bond acceptors (Lipinski definition) is 4. The molecule has 2 heterocycles. The van der Waals surface area contributed by atoms with E-state index in [-0.39, 0.29) is 0 Å². The Labute approximate surface area is 389 Å². The molecule has 68 heavy (non-hydrogen) atoms. The first-order chi connectivity index (χ1) is 33.5. The molecule has 13 rings (SSSR count). The van der Waals surface area contributed by atoms with E-state index >= 15 is 0 Å². The third-order valence-electron chi connectivity index (χ3n) is 13.7. The maximum atomic E-state index is 9.95. The van der Waals surface area contributed by atoms with Crippen LogP contribution in [0.15, 0.2) is 194 Å². The van der Waals surface area contributed by atoms with E-state index in [1.165, 1.54) is 0 Å². The van der Waals surface area contributed by atoms with Gasteiger partial charge in [-0.05, 0) is 175 Å². The fourth-order valence-corrected chi connectivity index (χ4v) is 10.7. The SMILES string of the molecule is N#Cc1ccc2c(c1)c1cc(C#N)ccc1n2-c1ccc2c(-c3ccc4ccccc4c3)c3cc(-n4c5ccc(C#N)cc5c5cc(C#N)ccc54)ccc3c(-c3ccc4ccccc4c3)c2c1. The van der Waals surface area contributed by atoms with Crippen LogP contribution in [0.4, 0.5) is 0 Å². The van der Waals surface area contributed by atoms with Gasteiger partial charge in [0.2, 0.25) is 0 Å². The largest absolute Gasteiger partial charge is 0.309 e. The highest BCUT2D eigenvalue weighted by Gasteiger charge is 2.22. The van der Waals surface area contributed by atoms with Gasteiger partial charge in [-0.25, -0.2) is 0 Å². The molecule has 11 aromatic carbocycles. The first-order valence-electron chi connectivity index (χ1n) is 22.3. The molecule has 0 aliphatic carbocycles. The molecule has 0 spiro atoms. The van der Waals surface area contributed by atoms with Crippen molar-refractivity contribution in [2.75, 3.05) is 0 Å². The summed E-state index contributed by atoms with van der Waals surface area (Å²) in [5.41, 5.74) is 12.2. The fourth-order valence-electron chi connectivity index (χ4n) is 10.7. The van der Waals surface area contributed by atoms with E-state index in [1.54, 1.807) is 0 Å². The van der Waals surface area contributed by atoms with Crippen LogP contribution < -0.4 is 0 Å². The zero-order valence-corrected chi connectivity index (χ0v) is 36.2. The maximum Gasteiger partial charge on any atom is 0.0991 e.